The average Bonchev–Trinajstić information content (AvgIpc) is 3.18. The number of aromatic nitrogens is 2. The van der Waals surface area contributed by atoms with Crippen molar-refractivity contribution in [3.05, 3.63) is 28.6 Å². The van der Waals surface area contributed by atoms with Gasteiger partial charge in [-0.25, -0.2) is 4.98 Å². The van der Waals surface area contributed by atoms with E-state index in [2.05, 4.69) is 16.2 Å². The Morgan fingerprint density at radius 3 is 2.56 bits per heavy atom. The quantitative estimate of drug-likeness (QED) is 0.772. The van der Waals surface area contributed by atoms with Gasteiger partial charge < -0.3 is 18.7 Å². The Bertz CT molecular complexity index is 838. The summed E-state index contributed by atoms with van der Waals surface area (Å²) in [5.74, 6) is 1.84. The zero-order valence-corrected chi connectivity index (χ0v) is 16.2. The number of anilines is 1. The van der Waals surface area contributed by atoms with Crippen LogP contribution in [-0.2, 0) is 11.3 Å². The van der Waals surface area contributed by atoms with Gasteiger partial charge in [-0.3, -0.25) is 9.69 Å². The number of nitriles is 1. The van der Waals surface area contributed by atoms with Crippen LogP contribution in [0.5, 0.6) is 0 Å². The number of carbonyl (C=O) groups is 1. The van der Waals surface area contributed by atoms with Crippen LogP contribution in [0.3, 0.4) is 0 Å². The minimum atomic E-state index is 0.0816. The van der Waals surface area contributed by atoms with Crippen LogP contribution in [0.15, 0.2) is 8.94 Å². The smallest absolute Gasteiger partial charge is 0.236 e. The first kappa shape index (κ1) is 18.9. The fraction of sp³-hybridized carbons (Fsp3) is 0.556. The molecule has 3 heterocycles. The average molecular weight is 372 g/mol. The molecule has 1 aliphatic heterocycles. The van der Waals surface area contributed by atoms with Gasteiger partial charge in [0.15, 0.2) is 5.89 Å². The van der Waals surface area contributed by atoms with Gasteiger partial charge in [0.2, 0.25) is 17.5 Å². The van der Waals surface area contributed by atoms with Crippen molar-refractivity contribution in [3.63, 3.8) is 0 Å². The van der Waals surface area contributed by atoms with E-state index in [0.717, 1.165) is 17.0 Å². The summed E-state index contributed by atoms with van der Waals surface area (Å²) in [7, 11) is 1.91. The number of carbonyl (C=O) groups excluding carboxylic acids is 1. The van der Waals surface area contributed by atoms with E-state index < -0.39 is 0 Å². The van der Waals surface area contributed by atoms with Crippen molar-refractivity contribution in [2.24, 2.45) is 0 Å². The maximum absolute atomic E-state index is 12.6. The van der Waals surface area contributed by atoms with Gasteiger partial charge in [0.05, 0.1) is 12.2 Å². The molecule has 0 N–H and O–H groups in total. The SMILES string of the molecule is Cc1nc(C#N)c(N2CCN(C(=O)CN(C)Cc3c(C)noc3C)CC2)o1. The van der Waals surface area contributed by atoms with E-state index in [9.17, 15) is 4.79 Å². The molecule has 0 aliphatic carbocycles. The number of hydrogen-bond donors (Lipinski definition) is 0. The lowest BCUT2D eigenvalue weighted by atomic mass is 10.2. The molecule has 0 spiro atoms. The zero-order chi connectivity index (χ0) is 19.6. The lowest BCUT2D eigenvalue weighted by molar-refractivity contribution is -0.132. The number of hydrogen-bond acceptors (Lipinski definition) is 8. The molecule has 9 heteroatoms. The van der Waals surface area contributed by atoms with E-state index in [4.69, 9.17) is 14.2 Å². The van der Waals surface area contributed by atoms with Crippen molar-refractivity contribution < 1.29 is 13.7 Å². The van der Waals surface area contributed by atoms with Gasteiger partial charge in [0, 0.05) is 45.2 Å². The normalized spacial score (nSPS) is 14.7. The van der Waals surface area contributed by atoms with Crippen LogP contribution in [-0.4, -0.2) is 65.6 Å². The summed E-state index contributed by atoms with van der Waals surface area (Å²) in [4.78, 5) is 22.5. The third-order valence-electron chi connectivity index (χ3n) is 4.76. The summed E-state index contributed by atoms with van der Waals surface area (Å²) in [6.45, 7) is 8.85. The molecular formula is C18H24N6O3. The number of nitrogens with zero attached hydrogens (tertiary/aromatic N) is 6. The van der Waals surface area contributed by atoms with Crippen LogP contribution in [0.1, 0.15) is 28.6 Å². The second kappa shape index (κ2) is 7.80. The molecule has 0 radical (unpaired) electrons. The number of piperazine rings is 1. The molecule has 2 aromatic rings. The van der Waals surface area contributed by atoms with Crippen LogP contribution in [0.4, 0.5) is 5.88 Å². The van der Waals surface area contributed by atoms with Gasteiger partial charge in [-0.15, -0.1) is 0 Å². The van der Waals surface area contributed by atoms with Gasteiger partial charge in [0.25, 0.3) is 0 Å². The molecule has 0 aromatic carbocycles. The molecule has 3 rings (SSSR count). The van der Waals surface area contributed by atoms with E-state index in [0.29, 0.717) is 56.7 Å². The highest BCUT2D eigenvalue weighted by Crippen LogP contribution is 2.22. The molecule has 27 heavy (non-hydrogen) atoms. The topological polar surface area (TPSA) is 103 Å². The number of amides is 1. The maximum atomic E-state index is 12.6. The molecule has 144 valence electrons. The van der Waals surface area contributed by atoms with Crippen LogP contribution < -0.4 is 4.90 Å². The second-order valence-corrected chi connectivity index (χ2v) is 6.84. The second-order valence-electron chi connectivity index (χ2n) is 6.84. The molecule has 1 aliphatic rings. The Balaban J connectivity index is 1.53. The van der Waals surface area contributed by atoms with Crippen LogP contribution in [0, 0.1) is 32.1 Å². The van der Waals surface area contributed by atoms with E-state index in [1.807, 2.05) is 35.6 Å². The first-order chi connectivity index (χ1) is 12.9. The molecule has 0 atom stereocenters. The van der Waals surface area contributed by atoms with Gasteiger partial charge in [0.1, 0.15) is 11.8 Å². The van der Waals surface area contributed by atoms with Crippen LogP contribution >= 0.6 is 0 Å². The summed E-state index contributed by atoms with van der Waals surface area (Å²) in [6.07, 6.45) is 0. The largest absolute Gasteiger partial charge is 0.424 e. The standard InChI is InChI=1S/C18H24N6O3/c1-12-15(13(2)27-21-12)10-22(4)11-17(25)23-5-7-24(8-6-23)18-16(9-19)20-14(3)26-18/h5-8,10-11H2,1-4H3. The van der Waals surface area contributed by atoms with Crippen molar-refractivity contribution in [1.82, 2.24) is 19.9 Å². The lowest BCUT2D eigenvalue weighted by Crippen LogP contribution is -2.51. The highest BCUT2D eigenvalue weighted by atomic mass is 16.5. The molecule has 2 aromatic heterocycles. The summed E-state index contributed by atoms with van der Waals surface area (Å²) in [6, 6.07) is 2.06. The fourth-order valence-electron chi connectivity index (χ4n) is 3.25. The van der Waals surface area contributed by atoms with Gasteiger partial charge in [-0.05, 0) is 20.9 Å². The Labute approximate surface area is 158 Å². The highest BCUT2D eigenvalue weighted by Gasteiger charge is 2.26. The minimum Gasteiger partial charge on any atom is -0.424 e. The van der Waals surface area contributed by atoms with E-state index >= 15 is 0 Å². The van der Waals surface area contributed by atoms with Crippen LogP contribution in [0.2, 0.25) is 0 Å². The van der Waals surface area contributed by atoms with E-state index in [-0.39, 0.29) is 5.91 Å². The predicted octanol–water partition coefficient (Wildman–Crippen LogP) is 1.24. The summed E-state index contributed by atoms with van der Waals surface area (Å²) in [5.41, 5.74) is 2.18. The molecule has 0 bridgehead atoms. The molecule has 9 nitrogen and oxygen atoms in total. The van der Waals surface area contributed by atoms with Crippen molar-refractivity contribution in [2.45, 2.75) is 27.3 Å². The fourth-order valence-corrected chi connectivity index (χ4v) is 3.25. The molecule has 0 saturated carbocycles. The number of likely N-dealkylation sites (N-methyl/N-ethyl adjacent to an activating group) is 1. The minimum absolute atomic E-state index is 0.0816. The number of rotatable bonds is 5. The zero-order valence-electron chi connectivity index (χ0n) is 16.2. The highest BCUT2D eigenvalue weighted by molar-refractivity contribution is 5.78. The third kappa shape index (κ3) is 4.11. The first-order valence-corrected chi connectivity index (χ1v) is 8.89. The maximum Gasteiger partial charge on any atom is 0.236 e. The third-order valence-corrected chi connectivity index (χ3v) is 4.76. The van der Waals surface area contributed by atoms with Crippen molar-refractivity contribution in [3.8, 4) is 6.07 Å². The van der Waals surface area contributed by atoms with Crippen molar-refractivity contribution >= 4 is 11.8 Å². The molecule has 1 fully saturated rings. The Morgan fingerprint density at radius 2 is 1.96 bits per heavy atom. The van der Waals surface area contributed by atoms with Crippen molar-refractivity contribution in [2.75, 3.05) is 44.7 Å². The molecule has 1 saturated heterocycles. The Kier molecular flexibility index (Phi) is 5.46. The van der Waals surface area contributed by atoms with E-state index in [1.54, 1.807) is 6.92 Å². The van der Waals surface area contributed by atoms with Gasteiger partial charge >= 0.3 is 0 Å². The summed E-state index contributed by atoms with van der Waals surface area (Å²) < 4.78 is 10.7. The Morgan fingerprint density at radius 1 is 1.26 bits per heavy atom. The first-order valence-electron chi connectivity index (χ1n) is 8.89. The lowest BCUT2D eigenvalue weighted by Gasteiger charge is -2.35. The predicted molar refractivity (Wildman–Crippen MR) is 97.1 cm³/mol. The summed E-state index contributed by atoms with van der Waals surface area (Å²) in [5, 5.41) is 13.1. The monoisotopic (exact) mass is 372 g/mol. The number of oxazole rings is 1. The van der Waals surface area contributed by atoms with Crippen molar-refractivity contribution in [1.29, 1.82) is 5.26 Å². The molecule has 1 amide bonds. The van der Waals surface area contributed by atoms with Gasteiger partial charge in [-0.2, -0.15) is 5.26 Å². The molecular weight excluding hydrogens is 348 g/mol. The number of aryl methyl sites for hydroxylation is 3. The Hall–Kier alpha value is -2.86. The van der Waals surface area contributed by atoms with Crippen LogP contribution in [0.25, 0.3) is 0 Å². The molecule has 0 unspecified atom stereocenters. The van der Waals surface area contributed by atoms with Gasteiger partial charge in [-0.1, -0.05) is 5.16 Å². The van der Waals surface area contributed by atoms with E-state index in [1.165, 1.54) is 0 Å². The summed E-state index contributed by atoms with van der Waals surface area (Å²) >= 11 is 0.